The van der Waals surface area contributed by atoms with E-state index in [-0.39, 0.29) is 0 Å². The third-order valence-corrected chi connectivity index (χ3v) is 4.05. The SMILES string of the molecule is CCN1CCC(c2nnc3n2CCCC3O)C1. The molecule has 1 aromatic heterocycles. The van der Waals surface area contributed by atoms with Crippen molar-refractivity contribution in [2.24, 2.45) is 0 Å². The molecule has 0 aromatic carbocycles. The van der Waals surface area contributed by atoms with E-state index in [0.717, 1.165) is 50.7 Å². The van der Waals surface area contributed by atoms with Crippen molar-refractivity contribution in [1.29, 1.82) is 0 Å². The molecule has 0 radical (unpaired) electrons. The van der Waals surface area contributed by atoms with Crippen LogP contribution in [0, 0.1) is 0 Å². The summed E-state index contributed by atoms with van der Waals surface area (Å²) in [5.41, 5.74) is 0. The Kier molecular flexibility index (Phi) is 2.88. The van der Waals surface area contributed by atoms with Gasteiger partial charge in [0.2, 0.25) is 0 Å². The van der Waals surface area contributed by atoms with Gasteiger partial charge in [-0.15, -0.1) is 10.2 Å². The Morgan fingerprint density at radius 1 is 1.24 bits per heavy atom. The summed E-state index contributed by atoms with van der Waals surface area (Å²) in [4.78, 5) is 2.45. The minimum Gasteiger partial charge on any atom is -0.385 e. The van der Waals surface area contributed by atoms with E-state index in [1.807, 2.05) is 0 Å². The first-order valence-electron chi connectivity index (χ1n) is 6.63. The van der Waals surface area contributed by atoms with Crippen molar-refractivity contribution in [3.8, 4) is 0 Å². The number of hydrogen-bond donors (Lipinski definition) is 1. The second-order valence-electron chi connectivity index (χ2n) is 5.10. The molecule has 0 amide bonds. The Balaban J connectivity index is 1.85. The van der Waals surface area contributed by atoms with Crippen LogP contribution in [0.5, 0.6) is 0 Å². The van der Waals surface area contributed by atoms with Crippen LogP contribution in [0.3, 0.4) is 0 Å². The maximum absolute atomic E-state index is 9.88. The van der Waals surface area contributed by atoms with Crippen molar-refractivity contribution in [3.63, 3.8) is 0 Å². The maximum Gasteiger partial charge on any atom is 0.161 e. The lowest BCUT2D eigenvalue weighted by molar-refractivity contribution is 0.132. The van der Waals surface area contributed by atoms with E-state index in [0.29, 0.717) is 5.92 Å². The van der Waals surface area contributed by atoms with Crippen molar-refractivity contribution in [2.75, 3.05) is 19.6 Å². The average Bonchev–Trinajstić information content (AvgIpc) is 2.94. The minimum absolute atomic E-state index is 0.409. The second-order valence-corrected chi connectivity index (χ2v) is 5.10. The normalized spacial score (nSPS) is 29.5. The van der Waals surface area contributed by atoms with Gasteiger partial charge in [-0.25, -0.2) is 0 Å². The molecule has 0 bridgehead atoms. The molecular formula is C12H20N4O. The smallest absolute Gasteiger partial charge is 0.161 e. The lowest BCUT2D eigenvalue weighted by Crippen LogP contribution is -2.22. The highest BCUT2D eigenvalue weighted by molar-refractivity contribution is 5.08. The van der Waals surface area contributed by atoms with Crippen LogP contribution in [0.4, 0.5) is 0 Å². The van der Waals surface area contributed by atoms with E-state index in [4.69, 9.17) is 0 Å². The van der Waals surface area contributed by atoms with Gasteiger partial charge in [0.25, 0.3) is 0 Å². The molecule has 2 unspecified atom stereocenters. The molecule has 2 aliphatic heterocycles. The van der Waals surface area contributed by atoms with Gasteiger partial charge >= 0.3 is 0 Å². The lowest BCUT2D eigenvalue weighted by Gasteiger charge is -2.21. The molecule has 94 valence electrons. The number of aliphatic hydroxyl groups excluding tert-OH is 1. The van der Waals surface area contributed by atoms with Crippen molar-refractivity contribution < 1.29 is 5.11 Å². The number of nitrogens with zero attached hydrogens (tertiary/aromatic N) is 4. The highest BCUT2D eigenvalue weighted by atomic mass is 16.3. The fourth-order valence-electron chi connectivity index (χ4n) is 3.01. The fraction of sp³-hybridized carbons (Fsp3) is 0.833. The average molecular weight is 236 g/mol. The van der Waals surface area contributed by atoms with E-state index in [2.05, 4.69) is 26.6 Å². The molecule has 17 heavy (non-hydrogen) atoms. The quantitative estimate of drug-likeness (QED) is 0.829. The molecule has 1 aromatic rings. The Morgan fingerprint density at radius 2 is 2.06 bits per heavy atom. The Bertz CT molecular complexity index is 403. The van der Waals surface area contributed by atoms with Crippen LogP contribution < -0.4 is 0 Å². The number of rotatable bonds is 2. The Labute approximate surface area is 101 Å². The highest BCUT2D eigenvalue weighted by Crippen LogP contribution is 2.30. The number of aliphatic hydroxyl groups is 1. The molecular weight excluding hydrogens is 216 g/mol. The lowest BCUT2D eigenvalue weighted by atomic mass is 10.1. The van der Waals surface area contributed by atoms with Gasteiger partial charge in [-0.05, 0) is 32.4 Å². The topological polar surface area (TPSA) is 54.2 Å². The van der Waals surface area contributed by atoms with E-state index < -0.39 is 6.10 Å². The van der Waals surface area contributed by atoms with Crippen LogP contribution in [0.2, 0.25) is 0 Å². The van der Waals surface area contributed by atoms with E-state index in [9.17, 15) is 5.11 Å². The summed E-state index contributed by atoms with van der Waals surface area (Å²) in [6.45, 7) is 6.53. The summed E-state index contributed by atoms with van der Waals surface area (Å²) < 4.78 is 2.15. The summed E-state index contributed by atoms with van der Waals surface area (Å²) in [5, 5.41) is 18.4. The predicted molar refractivity (Wildman–Crippen MR) is 63.7 cm³/mol. The van der Waals surface area contributed by atoms with Crippen molar-refractivity contribution >= 4 is 0 Å². The maximum atomic E-state index is 9.88. The molecule has 3 heterocycles. The summed E-state index contributed by atoms with van der Waals surface area (Å²) in [5.74, 6) is 2.37. The number of likely N-dealkylation sites (N-methyl/N-ethyl adjacent to an activating group) is 1. The van der Waals surface area contributed by atoms with Crippen molar-refractivity contribution in [1.82, 2.24) is 19.7 Å². The van der Waals surface area contributed by atoms with Gasteiger partial charge in [0.1, 0.15) is 11.9 Å². The molecule has 1 N–H and O–H groups in total. The first-order chi connectivity index (χ1) is 8.29. The van der Waals surface area contributed by atoms with Crippen LogP contribution in [0.25, 0.3) is 0 Å². The molecule has 0 spiro atoms. The highest BCUT2D eigenvalue weighted by Gasteiger charge is 2.30. The number of aromatic nitrogens is 3. The van der Waals surface area contributed by atoms with Crippen LogP contribution in [0.15, 0.2) is 0 Å². The zero-order valence-corrected chi connectivity index (χ0v) is 10.3. The number of hydrogen-bond acceptors (Lipinski definition) is 4. The van der Waals surface area contributed by atoms with Gasteiger partial charge in [0.15, 0.2) is 5.82 Å². The van der Waals surface area contributed by atoms with Gasteiger partial charge in [0.05, 0.1) is 0 Å². The Hall–Kier alpha value is -0.940. The van der Waals surface area contributed by atoms with E-state index in [1.54, 1.807) is 0 Å². The summed E-state index contributed by atoms with van der Waals surface area (Å²) in [7, 11) is 0. The summed E-state index contributed by atoms with van der Waals surface area (Å²) in [6.07, 6.45) is 2.61. The van der Waals surface area contributed by atoms with Gasteiger partial charge in [-0.2, -0.15) is 0 Å². The molecule has 2 atom stereocenters. The second kappa shape index (κ2) is 4.38. The molecule has 5 heteroatoms. The first-order valence-corrected chi connectivity index (χ1v) is 6.63. The van der Waals surface area contributed by atoms with E-state index in [1.165, 1.54) is 6.42 Å². The number of likely N-dealkylation sites (tertiary alicyclic amines) is 1. The molecule has 1 fully saturated rings. The number of fused-ring (bicyclic) bond motifs is 1. The first kappa shape index (κ1) is 11.2. The zero-order valence-electron chi connectivity index (χ0n) is 10.3. The van der Waals surface area contributed by atoms with Gasteiger partial charge < -0.3 is 14.6 Å². The van der Waals surface area contributed by atoms with Crippen molar-refractivity contribution in [2.45, 2.75) is 44.8 Å². The third-order valence-electron chi connectivity index (χ3n) is 4.05. The predicted octanol–water partition coefficient (Wildman–Crippen LogP) is 0.914. The molecule has 2 aliphatic rings. The Morgan fingerprint density at radius 3 is 2.82 bits per heavy atom. The monoisotopic (exact) mass is 236 g/mol. The van der Waals surface area contributed by atoms with Crippen LogP contribution >= 0.6 is 0 Å². The van der Waals surface area contributed by atoms with Crippen LogP contribution in [0.1, 0.15) is 49.9 Å². The van der Waals surface area contributed by atoms with E-state index >= 15 is 0 Å². The molecule has 5 nitrogen and oxygen atoms in total. The largest absolute Gasteiger partial charge is 0.385 e. The summed E-state index contributed by atoms with van der Waals surface area (Å²) >= 11 is 0. The van der Waals surface area contributed by atoms with Gasteiger partial charge in [0, 0.05) is 19.0 Å². The van der Waals surface area contributed by atoms with Crippen molar-refractivity contribution in [3.05, 3.63) is 11.6 Å². The molecule has 0 saturated carbocycles. The van der Waals surface area contributed by atoms with Crippen LogP contribution in [-0.2, 0) is 6.54 Å². The molecule has 1 saturated heterocycles. The minimum atomic E-state index is -0.409. The molecule has 0 aliphatic carbocycles. The molecule has 3 rings (SSSR count). The van der Waals surface area contributed by atoms with Crippen LogP contribution in [-0.4, -0.2) is 44.4 Å². The summed E-state index contributed by atoms with van der Waals surface area (Å²) in [6, 6.07) is 0. The third kappa shape index (κ3) is 1.87. The standard InChI is InChI=1S/C12H20N4O/c1-2-15-7-5-9(8-15)11-13-14-12-10(17)4-3-6-16(11)12/h9-10,17H,2-8H2,1H3. The van der Waals surface area contributed by atoms with Gasteiger partial charge in [-0.3, -0.25) is 0 Å². The zero-order chi connectivity index (χ0) is 11.8. The fourth-order valence-corrected chi connectivity index (χ4v) is 3.01. The van der Waals surface area contributed by atoms with Gasteiger partial charge in [-0.1, -0.05) is 6.92 Å².